The highest BCUT2D eigenvalue weighted by molar-refractivity contribution is 6.43. The normalized spacial score (nSPS) is 12.4. The molecule has 0 saturated heterocycles. The first-order valence-electron chi connectivity index (χ1n) is 7.05. The van der Waals surface area contributed by atoms with Crippen LogP contribution < -0.4 is 5.43 Å². The Kier molecular flexibility index (Phi) is 4.42. The van der Waals surface area contributed by atoms with E-state index in [4.69, 9.17) is 33.7 Å². The number of carbonyl (C=O) groups is 2. The molecule has 0 radical (unpaired) electrons. The summed E-state index contributed by atoms with van der Waals surface area (Å²) in [5.41, 5.74) is 1.03. The van der Waals surface area contributed by atoms with Crippen LogP contribution >= 0.6 is 23.2 Å². The highest BCUT2D eigenvalue weighted by Gasteiger charge is 2.38. The Labute approximate surface area is 161 Å². The second-order valence-corrected chi connectivity index (χ2v) is 6.08. The van der Waals surface area contributed by atoms with Gasteiger partial charge in [-0.25, -0.2) is 0 Å². The van der Waals surface area contributed by atoms with Crippen LogP contribution in [0.3, 0.4) is 0 Å². The van der Waals surface area contributed by atoms with Crippen molar-refractivity contribution in [2.24, 2.45) is 0 Å². The molecule has 2 aromatic rings. The molecule has 2 amide bonds. The van der Waals surface area contributed by atoms with Gasteiger partial charge in [0, 0.05) is 6.07 Å². The van der Waals surface area contributed by atoms with E-state index in [0.717, 1.165) is 12.1 Å². The molecule has 1 aliphatic heterocycles. The number of nitrogens with one attached hydrogen (secondary N) is 1. The predicted molar refractivity (Wildman–Crippen MR) is 93.1 cm³/mol. The summed E-state index contributed by atoms with van der Waals surface area (Å²) in [6.45, 7) is 0. The Hall–Kier alpha value is -3.66. The van der Waals surface area contributed by atoms with Crippen molar-refractivity contribution in [3.63, 3.8) is 0 Å². The Morgan fingerprint density at radius 1 is 0.963 bits per heavy atom. The topological polar surface area (TPSA) is 140 Å². The first-order valence-corrected chi connectivity index (χ1v) is 7.81. The minimum absolute atomic E-state index is 0.0290. The number of imide groups is 1. The molecule has 11 heteroatoms. The van der Waals surface area contributed by atoms with Crippen molar-refractivity contribution >= 4 is 46.4 Å². The van der Waals surface area contributed by atoms with Crippen LogP contribution in [0.4, 0.5) is 11.4 Å². The lowest BCUT2D eigenvalue weighted by atomic mass is 10.1. The molecule has 3 rings (SSSR count). The van der Waals surface area contributed by atoms with Crippen molar-refractivity contribution in [2.75, 3.05) is 5.43 Å². The van der Waals surface area contributed by atoms with E-state index < -0.39 is 22.4 Å². The third kappa shape index (κ3) is 2.91. The first kappa shape index (κ1) is 18.1. The number of nitrogens with zero attached hydrogens (tertiary/aromatic N) is 4. The fourth-order valence-corrected chi connectivity index (χ4v) is 2.80. The smallest absolute Gasteiger partial charge is 0.282 e. The molecule has 1 N–H and O–H groups in total. The molecular formula is C16H5Cl2N5O4. The summed E-state index contributed by atoms with van der Waals surface area (Å²) < 4.78 is 0. The molecule has 0 aromatic heterocycles. The average molecular weight is 402 g/mol. The molecule has 0 saturated carbocycles. The van der Waals surface area contributed by atoms with Gasteiger partial charge in [-0.3, -0.25) is 25.1 Å². The van der Waals surface area contributed by atoms with Crippen molar-refractivity contribution in [1.82, 2.24) is 5.01 Å². The summed E-state index contributed by atoms with van der Waals surface area (Å²) in [5.74, 6) is -1.60. The van der Waals surface area contributed by atoms with Crippen LogP contribution in [-0.2, 0) is 0 Å². The molecule has 132 valence electrons. The summed E-state index contributed by atoms with van der Waals surface area (Å²) in [6, 6.07) is 7.73. The van der Waals surface area contributed by atoms with E-state index in [-0.39, 0.29) is 38.0 Å². The van der Waals surface area contributed by atoms with Crippen molar-refractivity contribution in [1.29, 1.82) is 10.5 Å². The Bertz CT molecular complexity index is 1090. The molecule has 0 aliphatic carbocycles. The van der Waals surface area contributed by atoms with E-state index in [1.165, 1.54) is 12.1 Å². The molecule has 0 bridgehead atoms. The van der Waals surface area contributed by atoms with Crippen LogP contribution in [0.25, 0.3) is 0 Å². The number of amides is 2. The minimum atomic E-state index is -0.809. The summed E-state index contributed by atoms with van der Waals surface area (Å²) in [7, 11) is 0. The first-order chi connectivity index (χ1) is 12.8. The molecule has 0 spiro atoms. The van der Waals surface area contributed by atoms with E-state index in [0.29, 0.717) is 5.01 Å². The molecule has 0 fully saturated rings. The van der Waals surface area contributed by atoms with Gasteiger partial charge in [0.15, 0.2) is 0 Å². The number of hydrogen-bond acceptors (Lipinski definition) is 7. The Balaban J connectivity index is 2.07. The van der Waals surface area contributed by atoms with Gasteiger partial charge < -0.3 is 0 Å². The number of nitro benzene ring substituents is 1. The quantitative estimate of drug-likeness (QED) is 0.472. The molecule has 9 nitrogen and oxygen atoms in total. The van der Waals surface area contributed by atoms with E-state index in [2.05, 4.69) is 5.43 Å². The second kappa shape index (κ2) is 6.57. The van der Waals surface area contributed by atoms with E-state index in [1.807, 2.05) is 0 Å². The maximum atomic E-state index is 12.5. The number of carbonyl (C=O) groups excluding carboxylic acids is 2. The number of benzene rings is 2. The average Bonchev–Trinajstić information content (AvgIpc) is 2.86. The lowest BCUT2D eigenvalue weighted by molar-refractivity contribution is -0.384. The molecule has 0 unspecified atom stereocenters. The van der Waals surface area contributed by atoms with Gasteiger partial charge in [0.2, 0.25) is 0 Å². The zero-order valence-corrected chi connectivity index (χ0v) is 14.5. The van der Waals surface area contributed by atoms with Gasteiger partial charge in [0.1, 0.15) is 17.8 Å². The van der Waals surface area contributed by atoms with Crippen LogP contribution in [0.15, 0.2) is 24.3 Å². The number of nitriles is 2. The Morgan fingerprint density at radius 2 is 1.44 bits per heavy atom. The minimum Gasteiger partial charge on any atom is -0.282 e. The molecule has 27 heavy (non-hydrogen) atoms. The van der Waals surface area contributed by atoms with Gasteiger partial charge in [0.25, 0.3) is 17.5 Å². The molecule has 1 heterocycles. The van der Waals surface area contributed by atoms with Gasteiger partial charge in [0.05, 0.1) is 37.2 Å². The third-order valence-electron chi connectivity index (χ3n) is 3.73. The van der Waals surface area contributed by atoms with Gasteiger partial charge >= 0.3 is 0 Å². The monoisotopic (exact) mass is 401 g/mol. The maximum Gasteiger partial charge on any atom is 0.295 e. The predicted octanol–water partition coefficient (Wildman–Crippen LogP) is 3.27. The summed E-state index contributed by atoms with van der Waals surface area (Å²) in [6.07, 6.45) is 0. The van der Waals surface area contributed by atoms with Crippen LogP contribution in [0.1, 0.15) is 31.8 Å². The summed E-state index contributed by atoms with van der Waals surface area (Å²) in [5, 5.41) is 30.1. The number of fused-ring (bicyclic) bond motifs is 1. The lowest BCUT2D eigenvalue weighted by Crippen LogP contribution is -2.35. The summed E-state index contributed by atoms with van der Waals surface area (Å²) >= 11 is 11.7. The highest BCUT2D eigenvalue weighted by Crippen LogP contribution is 2.34. The van der Waals surface area contributed by atoms with Crippen molar-refractivity contribution in [3.8, 4) is 12.1 Å². The Morgan fingerprint density at radius 3 is 1.89 bits per heavy atom. The van der Waals surface area contributed by atoms with E-state index >= 15 is 0 Å². The van der Waals surface area contributed by atoms with Crippen LogP contribution in [0.2, 0.25) is 10.0 Å². The van der Waals surface area contributed by atoms with Gasteiger partial charge in [-0.15, -0.1) is 0 Å². The summed E-state index contributed by atoms with van der Waals surface area (Å²) in [4.78, 5) is 35.4. The number of anilines is 1. The molecule has 2 aromatic carbocycles. The number of halogens is 2. The number of nitro groups is 1. The largest absolute Gasteiger partial charge is 0.295 e. The van der Waals surface area contributed by atoms with Gasteiger partial charge in [-0.1, -0.05) is 23.2 Å². The maximum absolute atomic E-state index is 12.5. The zero-order valence-electron chi connectivity index (χ0n) is 13.0. The standard InChI is InChI=1S/C16H5Cl2N5O4/c17-11-3-9-10(4-12(11)18)16(25)22(15(9)24)21-13-1-7(5-19)8(6-20)2-14(13)23(26)27/h1-4,21H. The van der Waals surface area contributed by atoms with Crippen LogP contribution in [-0.4, -0.2) is 21.7 Å². The van der Waals surface area contributed by atoms with Crippen molar-refractivity contribution < 1.29 is 14.5 Å². The van der Waals surface area contributed by atoms with E-state index in [9.17, 15) is 19.7 Å². The second-order valence-electron chi connectivity index (χ2n) is 5.27. The lowest BCUT2D eigenvalue weighted by Gasteiger charge is -2.16. The van der Waals surface area contributed by atoms with Crippen molar-refractivity contribution in [3.05, 3.63) is 66.7 Å². The van der Waals surface area contributed by atoms with E-state index in [1.54, 1.807) is 12.1 Å². The third-order valence-corrected chi connectivity index (χ3v) is 4.46. The fourth-order valence-electron chi connectivity index (χ4n) is 2.47. The molecule has 1 aliphatic rings. The van der Waals surface area contributed by atoms with Crippen LogP contribution in [0.5, 0.6) is 0 Å². The fraction of sp³-hybridized carbons (Fsp3) is 0. The molecule has 0 atom stereocenters. The SMILES string of the molecule is N#Cc1cc(NN2C(=O)c3cc(Cl)c(Cl)cc3C2=O)c([N+](=O)[O-])cc1C#N. The number of hydrogen-bond donors (Lipinski definition) is 1. The number of rotatable bonds is 3. The zero-order chi connectivity index (χ0) is 19.9. The van der Waals surface area contributed by atoms with Gasteiger partial charge in [-0.2, -0.15) is 15.5 Å². The molecular weight excluding hydrogens is 397 g/mol. The highest BCUT2D eigenvalue weighted by atomic mass is 35.5. The van der Waals surface area contributed by atoms with Gasteiger partial charge in [-0.05, 0) is 18.2 Å². The number of hydrazine groups is 1. The van der Waals surface area contributed by atoms with Crippen LogP contribution in [0, 0.1) is 32.8 Å². The van der Waals surface area contributed by atoms with Crippen molar-refractivity contribution in [2.45, 2.75) is 0 Å².